The van der Waals surface area contributed by atoms with Gasteiger partial charge in [0.25, 0.3) is 5.92 Å². The van der Waals surface area contributed by atoms with Crippen LogP contribution in [0.4, 0.5) is 8.78 Å². The summed E-state index contributed by atoms with van der Waals surface area (Å²) in [5.74, 6) is -2.61. The lowest BCUT2D eigenvalue weighted by atomic mass is 9.86. The molecule has 0 spiro atoms. The molecule has 2 aliphatic heterocycles. The van der Waals surface area contributed by atoms with E-state index in [4.69, 9.17) is 23.7 Å². The van der Waals surface area contributed by atoms with Gasteiger partial charge >= 0.3 is 5.97 Å². The van der Waals surface area contributed by atoms with Crippen molar-refractivity contribution < 1.29 is 37.3 Å². The van der Waals surface area contributed by atoms with E-state index in [9.17, 15) is 13.6 Å². The van der Waals surface area contributed by atoms with Gasteiger partial charge in [-0.15, -0.1) is 0 Å². The van der Waals surface area contributed by atoms with Gasteiger partial charge in [-0.25, -0.2) is 0 Å². The van der Waals surface area contributed by atoms with Crippen LogP contribution in [-0.4, -0.2) is 56.3 Å². The highest BCUT2D eigenvalue weighted by atomic mass is 19.3. The number of esters is 1. The summed E-state index contributed by atoms with van der Waals surface area (Å²) in [7, 11) is 0. The molecule has 3 aliphatic rings. The van der Waals surface area contributed by atoms with Gasteiger partial charge in [0.05, 0.1) is 18.3 Å². The fraction of sp³-hybridized carbons (Fsp3) is 0.710. The van der Waals surface area contributed by atoms with Crippen molar-refractivity contribution >= 4 is 5.97 Å². The normalized spacial score (nSPS) is 29.8. The Morgan fingerprint density at radius 3 is 2.69 bits per heavy atom. The Labute approximate surface area is 231 Å². The van der Waals surface area contributed by atoms with Crippen LogP contribution in [0.2, 0.25) is 0 Å². The van der Waals surface area contributed by atoms with Crippen LogP contribution in [0.25, 0.3) is 0 Å². The van der Waals surface area contributed by atoms with Crippen molar-refractivity contribution in [1.29, 1.82) is 0 Å². The van der Waals surface area contributed by atoms with Gasteiger partial charge in [0.15, 0.2) is 12.9 Å². The number of hydrogen-bond donors (Lipinski definition) is 0. The van der Waals surface area contributed by atoms with Gasteiger partial charge in [0.2, 0.25) is 0 Å². The van der Waals surface area contributed by atoms with E-state index in [1.807, 2.05) is 19.9 Å². The molecule has 0 radical (unpaired) electrons. The van der Waals surface area contributed by atoms with Gasteiger partial charge in [-0.2, -0.15) is 8.78 Å². The zero-order valence-electron chi connectivity index (χ0n) is 23.3. The molecule has 0 aromatic heterocycles. The third-order valence-corrected chi connectivity index (χ3v) is 7.88. The standard InChI is InChI=1S/C31H44F2O6/c1-22(2)38-29(34)12-8-9-23-14-15-25-26(16-17-31(32,33)21-37-24-10-4-3-5-11-24)28(19-27(25)36-20-23)39-30-13-6-7-18-35-30/h3-5,10-11,16-17,22-23,25-28,30H,6-9,12-15,18-21H2,1-2H3/b17-16+/t23-,25+,26+,27-,28+,30?/m0/s1. The summed E-state index contributed by atoms with van der Waals surface area (Å²) in [4.78, 5) is 11.9. The van der Waals surface area contributed by atoms with Crippen LogP contribution in [0.3, 0.4) is 0 Å². The van der Waals surface area contributed by atoms with Gasteiger partial charge in [0.1, 0.15) is 5.75 Å². The largest absolute Gasteiger partial charge is 0.487 e. The molecule has 1 unspecified atom stereocenters. The molecule has 2 heterocycles. The topological polar surface area (TPSA) is 63.2 Å². The molecule has 0 bridgehead atoms. The van der Waals surface area contributed by atoms with Crippen molar-refractivity contribution in [2.45, 2.75) is 102 Å². The summed E-state index contributed by atoms with van der Waals surface area (Å²) in [5, 5.41) is 0. The maximum Gasteiger partial charge on any atom is 0.306 e. The first-order valence-corrected chi connectivity index (χ1v) is 14.6. The Balaban J connectivity index is 1.36. The Morgan fingerprint density at radius 2 is 1.95 bits per heavy atom. The van der Waals surface area contributed by atoms with Crippen LogP contribution in [0, 0.1) is 17.8 Å². The smallest absolute Gasteiger partial charge is 0.306 e. The second-order valence-corrected chi connectivity index (χ2v) is 11.4. The number of rotatable bonds is 12. The maximum atomic E-state index is 14.9. The van der Waals surface area contributed by atoms with E-state index in [0.29, 0.717) is 37.7 Å². The van der Waals surface area contributed by atoms with Gasteiger partial charge in [-0.3, -0.25) is 4.79 Å². The molecule has 218 valence electrons. The summed E-state index contributed by atoms with van der Waals surface area (Å²) < 4.78 is 58.8. The molecule has 1 aromatic rings. The average Bonchev–Trinajstić information content (AvgIpc) is 3.11. The molecule has 1 aromatic carbocycles. The molecule has 8 heteroatoms. The second kappa shape index (κ2) is 14.6. The van der Waals surface area contributed by atoms with E-state index in [1.54, 1.807) is 30.3 Å². The lowest BCUT2D eigenvalue weighted by molar-refractivity contribution is -0.193. The maximum absolute atomic E-state index is 14.9. The van der Waals surface area contributed by atoms with Crippen molar-refractivity contribution in [3.8, 4) is 5.75 Å². The van der Waals surface area contributed by atoms with Gasteiger partial charge in [0, 0.05) is 32.0 Å². The van der Waals surface area contributed by atoms with Crippen molar-refractivity contribution in [1.82, 2.24) is 0 Å². The Bertz CT molecular complexity index is 902. The molecule has 4 rings (SSSR count). The van der Waals surface area contributed by atoms with Gasteiger partial charge in [-0.05, 0) is 88.8 Å². The number of halogens is 2. The number of carbonyl (C=O) groups excluding carboxylic acids is 1. The number of hydrogen-bond acceptors (Lipinski definition) is 6. The second-order valence-electron chi connectivity index (χ2n) is 11.4. The number of benzene rings is 1. The third-order valence-electron chi connectivity index (χ3n) is 7.88. The van der Waals surface area contributed by atoms with Crippen LogP contribution in [0.15, 0.2) is 42.5 Å². The minimum atomic E-state index is -3.11. The minimum Gasteiger partial charge on any atom is -0.487 e. The summed E-state index contributed by atoms with van der Waals surface area (Å²) in [6.07, 6.45) is 9.38. The van der Waals surface area contributed by atoms with E-state index in [2.05, 4.69) is 0 Å². The molecule has 1 saturated carbocycles. The van der Waals surface area contributed by atoms with E-state index >= 15 is 0 Å². The van der Waals surface area contributed by atoms with E-state index in [1.165, 1.54) is 0 Å². The quantitative estimate of drug-likeness (QED) is 0.213. The van der Waals surface area contributed by atoms with E-state index < -0.39 is 12.5 Å². The molecule has 3 fully saturated rings. The fourth-order valence-corrected chi connectivity index (χ4v) is 5.93. The third kappa shape index (κ3) is 9.54. The van der Waals surface area contributed by atoms with Crippen molar-refractivity contribution in [3.63, 3.8) is 0 Å². The predicted octanol–water partition coefficient (Wildman–Crippen LogP) is 6.72. The molecule has 0 N–H and O–H groups in total. The molecule has 6 atom stereocenters. The summed E-state index contributed by atoms with van der Waals surface area (Å²) >= 11 is 0. The van der Waals surface area contributed by atoms with E-state index in [-0.39, 0.29) is 42.4 Å². The lowest BCUT2D eigenvalue weighted by Crippen LogP contribution is -2.31. The number of para-hydroxylation sites is 1. The highest BCUT2D eigenvalue weighted by Gasteiger charge is 2.46. The van der Waals surface area contributed by atoms with Crippen molar-refractivity contribution in [3.05, 3.63) is 42.5 Å². The number of carbonyl (C=O) groups is 1. The predicted molar refractivity (Wildman–Crippen MR) is 144 cm³/mol. The molecule has 6 nitrogen and oxygen atoms in total. The number of fused-ring (bicyclic) bond motifs is 1. The number of alkyl halides is 2. The molecular formula is C31H44F2O6. The van der Waals surface area contributed by atoms with Crippen LogP contribution in [0.5, 0.6) is 5.75 Å². The van der Waals surface area contributed by atoms with Crippen LogP contribution in [-0.2, 0) is 23.7 Å². The van der Waals surface area contributed by atoms with E-state index in [0.717, 1.165) is 51.0 Å². The average molecular weight is 551 g/mol. The van der Waals surface area contributed by atoms with Crippen molar-refractivity contribution in [2.24, 2.45) is 17.8 Å². The van der Waals surface area contributed by atoms with Crippen molar-refractivity contribution in [2.75, 3.05) is 19.8 Å². The summed E-state index contributed by atoms with van der Waals surface area (Å²) in [5.41, 5.74) is 0. The SMILES string of the molecule is CC(C)OC(=O)CCC[C@H]1CC[C@@H]2[C@@H](/C=C/C(F)(F)COc3ccccc3)[C@H](OC3CCCCO3)C[C@@H]2OC1. The summed E-state index contributed by atoms with van der Waals surface area (Å²) in [6, 6.07) is 8.67. The first-order chi connectivity index (χ1) is 18.8. The molecular weight excluding hydrogens is 506 g/mol. The highest BCUT2D eigenvalue weighted by molar-refractivity contribution is 5.69. The molecule has 39 heavy (non-hydrogen) atoms. The monoisotopic (exact) mass is 550 g/mol. The molecule has 1 aliphatic carbocycles. The lowest BCUT2D eigenvalue weighted by Gasteiger charge is -2.29. The highest BCUT2D eigenvalue weighted by Crippen LogP contribution is 2.44. The zero-order valence-corrected chi connectivity index (χ0v) is 23.3. The van der Waals surface area contributed by atoms with Crippen LogP contribution >= 0.6 is 0 Å². The van der Waals surface area contributed by atoms with Crippen LogP contribution in [0.1, 0.15) is 71.6 Å². The van der Waals surface area contributed by atoms with Gasteiger partial charge < -0.3 is 23.7 Å². The zero-order chi connectivity index (χ0) is 27.7. The first kappa shape index (κ1) is 29.9. The summed E-state index contributed by atoms with van der Waals surface area (Å²) in [6.45, 7) is 4.27. The fourth-order valence-electron chi connectivity index (χ4n) is 5.93. The first-order valence-electron chi connectivity index (χ1n) is 14.6. The molecule has 0 amide bonds. The Hall–Kier alpha value is -2.03. The minimum absolute atomic E-state index is 0.0432. The number of ether oxygens (including phenoxy) is 5. The molecule has 2 saturated heterocycles. The van der Waals surface area contributed by atoms with Gasteiger partial charge in [-0.1, -0.05) is 24.3 Å². The Morgan fingerprint density at radius 1 is 1.13 bits per heavy atom. The van der Waals surface area contributed by atoms with Crippen LogP contribution < -0.4 is 4.74 Å². The Kier molecular flexibility index (Phi) is 11.2.